The van der Waals surface area contributed by atoms with E-state index in [-0.39, 0.29) is 17.9 Å². The van der Waals surface area contributed by atoms with Crippen LogP contribution in [0.3, 0.4) is 0 Å². The fraction of sp³-hybridized carbons (Fsp3) is 0.536. The first kappa shape index (κ1) is 27.8. The van der Waals surface area contributed by atoms with E-state index in [2.05, 4.69) is 0 Å². The van der Waals surface area contributed by atoms with Gasteiger partial charge in [-0.15, -0.1) is 0 Å². The van der Waals surface area contributed by atoms with Gasteiger partial charge >= 0.3 is 6.09 Å². The van der Waals surface area contributed by atoms with Crippen LogP contribution in [0, 0.1) is 10.1 Å². The van der Waals surface area contributed by atoms with Gasteiger partial charge < -0.3 is 28.6 Å². The minimum absolute atomic E-state index is 0.0700. The second kappa shape index (κ2) is 13.0. The Kier molecular flexibility index (Phi) is 9.54. The van der Waals surface area contributed by atoms with Crippen molar-refractivity contribution in [2.24, 2.45) is 0 Å². The average molecular weight is 529 g/mol. The quantitative estimate of drug-likeness (QED) is 0.179. The zero-order chi connectivity index (χ0) is 27.0. The summed E-state index contributed by atoms with van der Waals surface area (Å²) in [5.74, 6) is 0.170. The fourth-order valence-corrected chi connectivity index (χ4v) is 4.42. The second-order valence-corrected chi connectivity index (χ2v) is 9.98. The van der Waals surface area contributed by atoms with Crippen LogP contribution < -0.4 is 4.74 Å². The van der Waals surface area contributed by atoms with Crippen LogP contribution >= 0.6 is 0 Å². The van der Waals surface area contributed by atoms with Crippen molar-refractivity contribution < 1.29 is 33.4 Å². The third-order valence-electron chi connectivity index (χ3n) is 6.46. The second-order valence-electron chi connectivity index (χ2n) is 9.98. The molecule has 0 bridgehead atoms. The number of amides is 1. The zero-order valence-corrected chi connectivity index (χ0v) is 22.1. The predicted molar refractivity (Wildman–Crippen MR) is 139 cm³/mol. The minimum atomic E-state index is -0.637. The molecule has 2 aromatic carbocycles. The van der Waals surface area contributed by atoms with Crippen molar-refractivity contribution in [3.05, 3.63) is 69.3 Å². The zero-order valence-electron chi connectivity index (χ0n) is 22.1. The molecule has 2 aliphatic heterocycles. The number of hydrogen-bond donors (Lipinski definition) is 0. The number of cyclic esters (lactones) is 1. The van der Waals surface area contributed by atoms with Gasteiger partial charge in [0.1, 0.15) is 11.9 Å². The van der Waals surface area contributed by atoms with E-state index in [1.807, 2.05) is 38.1 Å². The molecular weight excluding hydrogens is 492 g/mol. The highest BCUT2D eigenvalue weighted by atomic mass is 16.7. The maximum Gasteiger partial charge on any atom is 0.410 e. The molecule has 2 aliphatic rings. The molecule has 38 heavy (non-hydrogen) atoms. The molecule has 0 aromatic heterocycles. The number of nitrogens with zero attached hydrogens (tertiary/aromatic N) is 2. The van der Waals surface area contributed by atoms with E-state index in [1.54, 1.807) is 11.0 Å². The number of non-ortho nitro benzene ring substituents is 1. The highest BCUT2D eigenvalue weighted by molar-refractivity contribution is 5.70. The molecule has 0 spiro atoms. The Morgan fingerprint density at radius 3 is 2.71 bits per heavy atom. The Hall–Kier alpha value is -3.21. The van der Waals surface area contributed by atoms with Crippen molar-refractivity contribution >= 4 is 11.8 Å². The van der Waals surface area contributed by atoms with Crippen molar-refractivity contribution in [3.63, 3.8) is 0 Å². The van der Waals surface area contributed by atoms with E-state index in [1.165, 1.54) is 12.1 Å². The van der Waals surface area contributed by atoms with Crippen molar-refractivity contribution in [2.45, 2.75) is 64.6 Å². The molecule has 0 N–H and O–H groups in total. The first-order valence-corrected chi connectivity index (χ1v) is 13.1. The lowest BCUT2D eigenvalue weighted by Crippen LogP contribution is -2.35. The summed E-state index contributed by atoms with van der Waals surface area (Å²) < 4.78 is 28.4. The molecule has 10 nitrogen and oxygen atoms in total. The standard InChI is InChI=1S/C28H36N2O8/c1-28(2)36-20-23-17-22(10-11-25(23)38-28)26-18-29(27(31)37-26)12-4-3-5-13-34-14-7-15-35-19-21-8-6-9-24(16-21)30(32)33/h6,8-11,16-17,26H,3-5,7,12-15,18-20H2,1-2H3/t26-/m0/s1. The van der Waals surface area contributed by atoms with Crippen LogP contribution in [-0.2, 0) is 32.2 Å². The van der Waals surface area contributed by atoms with Gasteiger partial charge in [-0.05, 0) is 48.9 Å². The normalized spacial score (nSPS) is 18.1. The maximum atomic E-state index is 12.3. The number of rotatable bonds is 14. The molecule has 4 rings (SSSR count). The van der Waals surface area contributed by atoms with Crippen molar-refractivity contribution in [2.75, 3.05) is 32.9 Å². The van der Waals surface area contributed by atoms with E-state index in [4.69, 9.17) is 23.7 Å². The van der Waals surface area contributed by atoms with Gasteiger partial charge in [-0.2, -0.15) is 0 Å². The molecule has 1 atom stereocenters. The van der Waals surface area contributed by atoms with E-state index in [0.29, 0.717) is 46.1 Å². The van der Waals surface area contributed by atoms with Crippen LogP contribution in [0.4, 0.5) is 10.5 Å². The van der Waals surface area contributed by atoms with E-state index >= 15 is 0 Å². The molecule has 206 valence electrons. The van der Waals surface area contributed by atoms with Gasteiger partial charge in [-0.3, -0.25) is 10.1 Å². The topological polar surface area (TPSA) is 110 Å². The van der Waals surface area contributed by atoms with E-state index < -0.39 is 10.7 Å². The summed E-state index contributed by atoms with van der Waals surface area (Å²) in [5.41, 5.74) is 2.77. The lowest BCUT2D eigenvalue weighted by Gasteiger charge is -2.32. The van der Waals surface area contributed by atoms with Gasteiger partial charge in [0.25, 0.3) is 5.69 Å². The average Bonchev–Trinajstić information content (AvgIpc) is 3.26. The number of carbonyl (C=O) groups excluding carboxylic acids is 1. The molecule has 2 heterocycles. The number of nitro groups is 1. The fourth-order valence-electron chi connectivity index (χ4n) is 4.42. The monoisotopic (exact) mass is 528 g/mol. The summed E-state index contributed by atoms with van der Waals surface area (Å²) in [6.45, 7) is 7.57. The van der Waals surface area contributed by atoms with Gasteiger partial charge in [0, 0.05) is 57.9 Å². The Balaban J connectivity index is 1.04. The molecule has 10 heteroatoms. The maximum absolute atomic E-state index is 12.3. The first-order valence-electron chi connectivity index (χ1n) is 13.1. The summed E-state index contributed by atoms with van der Waals surface area (Å²) in [6, 6.07) is 12.3. The highest BCUT2D eigenvalue weighted by Gasteiger charge is 2.33. The Morgan fingerprint density at radius 2 is 1.87 bits per heavy atom. The van der Waals surface area contributed by atoms with Crippen LogP contribution in [0.25, 0.3) is 0 Å². The summed E-state index contributed by atoms with van der Waals surface area (Å²) in [7, 11) is 0. The Labute approximate surface area is 222 Å². The number of carbonyl (C=O) groups is 1. The molecule has 0 saturated carbocycles. The van der Waals surface area contributed by atoms with Crippen molar-refractivity contribution in [1.82, 2.24) is 4.90 Å². The van der Waals surface area contributed by atoms with Crippen LogP contribution in [0.2, 0.25) is 0 Å². The molecule has 1 fully saturated rings. The molecule has 1 saturated heterocycles. The van der Waals surface area contributed by atoms with Gasteiger partial charge in [-0.25, -0.2) is 4.79 Å². The van der Waals surface area contributed by atoms with Crippen LogP contribution in [0.5, 0.6) is 5.75 Å². The Morgan fingerprint density at radius 1 is 1.05 bits per heavy atom. The van der Waals surface area contributed by atoms with Crippen molar-refractivity contribution in [1.29, 1.82) is 0 Å². The molecule has 2 aromatic rings. The van der Waals surface area contributed by atoms with Crippen LogP contribution in [0.15, 0.2) is 42.5 Å². The smallest absolute Gasteiger partial charge is 0.410 e. The highest BCUT2D eigenvalue weighted by Crippen LogP contribution is 2.35. The van der Waals surface area contributed by atoms with Gasteiger partial charge in [0.15, 0.2) is 0 Å². The first-order chi connectivity index (χ1) is 18.3. The Bertz CT molecular complexity index is 1110. The third-order valence-corrected chi connectivity index (χ3v) is 6.46. The number of fused-ring (bicyclic) bond motifs is 1. The summed E-state index contributed by atoms with van der Waals surface area (Å²) >= 11 is 0. The largest absolute Gasteiger partial charge is 0.463 e. The van der Waals surface area contributed by atoms with E-state index in [0.717, 1.165) is 48.1 Å². The predicted octanol–water partition coefficient (Wildman–Crippen LogP) is 5.53. The number of benzene rings is 2. The summed E-state index contributed by atoms with van der Waals surface area (Å²) in [6.07, 6.45) is 2.96. The van der Waals surface area contributed by atoms with Crippen molar-refractivity contribution in [3.8, 4) is 5.75 Å². The number of unbranched alkanes of at least 4 members (excludes halogenated alkanes) is 2. The summed E-state index contributed by atoms with van der Waals surface area (Å²) in [5, 5.41) is 10.8. The molecule has 0 unspecified atom stereocenters. The van der Waals surface area contributed by atoms with Crippen LogP contribution in [0.1, 0.15) is 62.3 Å². The molecular formula is C28H36N2O8. The lowest BCUT2D eigenvalue weighted by atomic mass is 10.0. The SMILES string of the molecule is CC1(C)OCc2cc([C@@H]3CN(CCCCCOCCCOCc4cccc([N+](=O)[O-])c4)C(=O)O3)ccc2O1. The van der Waals surface area contributed by atoms with Gasteiger partial charge in [-0.1, -0.05) is 18.2 Å². The number of nitro benzene ring substituents is 1. The minimum Gasteiger partial charge on any atom is -0.463 e. The molecule has 0 radical (unpaired) electrons. The van der Waals surface area contributed by atoms with Gasteiger partial charge in [0.2, 0.25) is 5.79 Å². The summed E-state index contributed by atoms with van der Waals surface area (Å²) in [4.78, 5) is 24.5. The number of hydrogen-bond acceptors (Lipinski definition) is 8. The number of ether oxygens (including phenoxy) is 5. The van der Waals surface area contributed by atoms with Crippen LogP contribution in [-0.4, -0.2) is 54.6 Å². The van der Waals surface area contributed by atoms with E-state index in [9.17, 15) is 14.9 Å². The third kappa shape index (κ3) is 7.89. The molecule has 0 aliphatic carbocycles. The lowest BCUT2D eigenvalue weighted by molar-refractivity contribution is -0.384. The van der Waals surface area contributed by atoms with Gasteiger partial charge in [0.05, 0.1) is 24.7 Å². The molecule has 1 amide bonds.